The number of rotatable bonds is 9. The fourth-order valence-electron chi connectivity index (χ4n) is 5.14. The van der Waals surface area contributed by atoms with E-state index < -0.39 is 0 Å². The van der Waals surface area contributed by atoms with E-state index in [9.17, 15) is 9.59 Å². The molecule has 3 aromatic rings. The summed E-state index contributed by atoms with van der Waals surface area (Å²) in [7, 11) is 3.28. The van der Waals surface area contributed by atoms with Gasteiger partial charge in [0.05, 0.1) is 25.3 Å². The summed E-state index contributed by atoms with van der Waals surface area (Å²) in [5.74, 6) is 1.59. The lowest BCUT2D eigenvalue weighted by atomic mass is 9.95. The van der Waals surface area contributed by atoms with Crippen molar-refractivity contribution >= 4 is 16.9 Å². The predicted octanol–water partition coefficient (Wildman–Crippen LogP) is 4.24. The van der Waals surface area contributed by atoms with E-state index in [0.29, 0.717) is 19.5 Å². The van der Waals surface area contributed by atoms with Crippen LogP contribution < -0.4 is 15.2 Å². The Hall–Kier alpha value is -3.22. The van der Waals surface area contributed by atoms with Crippen molar-refractivity contribution in [1.29, 1.82) is 0 Å². The highest BCUT2D eigenvalue weighted by molar-refractivity contribution is 5.78. The third-order valence-electron chi connectivity index (χ3n) is 6.95. The summed E-state index contributed by atoms with van der Waals surface area (Å²) in [5.41, 5.74) is 2.95. The molecule has 0 spiro atoms. The van der Waals surface area contributed by atoms with Gasteiger partial charge in [0.2, 0.25) is 5.91 Å². The van der Waals surface area contributed by atoms with Crippen LogP contribution in [0.1, 0.15) is 44.6 Å². The Morgan fingerprint density at radius 1 is 1.00 bits per heavy atom. The van der Waals surface area contributed by atoms with Gasteiger partial charge in [0.25, 0.3) is 0 Å². The zero-order valence-corrected chi connectivity index (χ0v) is 20.5. The number of imidazole rings is 1. The minimum atomic E-state index is -0.0415. The average molecular weight is 466 g/mol. The van der Waals surface area contributed by atoms with Crippen LogP contribution in [0.5, 0.6) is 11.5 Å². The van der Waals surface area contributed by atoms with Crippen molar-refractivity contribution < 1.29 is 14.3 Å². The van der Waals surface area contributed by atoms with Gasteiger partial charge in [-0.2, -0.15) is 0 Å². The molecule has 0 saturated carbocycles. The van der Waals surface area contributed by atoms with Crippen LogP contribution >= 0.6 is 0 Å². The lowest BCUT2D eigenvalue weighted by Crippen LogP contribution is -2.44. The van der Waals surface area contributed by atoms with Crippen LogP contribution in [0.2, 0.25) is 0 Å². The number of hydrogen-bond acceptors (Lipinski definition) is 4. The normalized spacial score (nSPS) is 16.1. The smallest absolute Gasteiger partial charge is 0.329 e. The van der Waals surface area contributed by atoms with Crippen LogP contribution in [0.25, 0.3) is 11.0 Å². The van der Waals surface area contributed by atoms with E-state index in [1.165, 1.54) is 5.56 Å². The van der Waals surface area contributed by atoms with Gasteiger partial charge in [-0.15, -0.1) is 0 Å². The van der Waals surface area contributed by atoms with Gasteiger partial charge in [0.15, 0.2) is 11.5 Å². The number of carbonyl (C=O) groups is 1. The number of piperidine rings is 1. The van der Waals surface area contributed by atoms with E-state index in [4.69, 9.17) is 9.47 Å². The van der Waals surface area contributed by atoms with E-state index in [1.54, 1.807) is 23.4 Å². The van der Waals surface area contributed by atoms with Crippen molar-refractivity contribution in [3.63, 3.8) is 0 Å². The molecule has 1 atom stereocenters. The highest BCUT2D eigenvalue weighted by Gasteiger charge is 2.26. The summed E-state index contributed by atoms with van der Waals surface area (Å²) in [6.45, 7) is 3.79. The first-order chi connectivity index (χ1) is 16.6. The minimum Gasteiger partial charge on any atom is -0.493 e. The number of benzene rings is 2. The minimum absolute atomic E-state index is 0.0415. The number of para-hydroxylation sites is 2. The number of methoxy groups -OCH3 is 2. The van der Waals surface area contributed by atoms with Crippen LogP contribution in [-0.4, -0.2) is 46.7 Å². The molecule has 182 valence electrons. The van der Waals surface area contributed by atoms with Gasteiger partial charge in [-0.3, -0.25) is 13.9 Å². The molecule has 0 aliphatic carbocycles. The maximum atomic E-state index is 13.3. The molecule has 7 heteroatoms. The standard InChI is InChI=1S/C27H35N3O4/c1-4-28-22-10-5-6-11-23(22)30(27(28)32)18-16-26(31)29-17-8-7-9-21(29)14-12-20-13-15-24(33-2)25(19-20)34-3/h5-6,10-11,13,15,19,21H,4,7-9,12,14,16-18H2,1-3H3. The quantitative estimate of drug-likeness (QED) is 0.474. The molecular formula is C27H35N3O4. The lowest BCUT2D eigenvalue weighted by Gasteiger charge is -2.36. The molecule has 4 rings (SSSR count). The fraction of sp³-hybridized carbons (Fsp3) is 0.481. The number of carbonyl (C=O) groups excluding carboxylic acids is 1. The van der Waals surface area contributed by atoms with Crippen LogP contribution in [0.15, 0.2) is 47.3 Å². The Morgan fingerprint density at radius 3 is 2.44 bits per heavy atom. The largest absolute Gasteiger partial charge is 0.493 e. The molecule has 0 N–H and O–H groups in total. The van der Waals surface area contributed by atoms with Crippen molar-refractivity contribution in [2.24, 2.45) is 0 Å². The molecule has 2 heterocycles. The molecule has 0 radical (unpaired) electrons. The number of ether oxygens (including phenoxy) is 2. The summed E-state index contributed by atoms with van der Waals surface area (Å²) >= 11 is 0. The molecule has 1 unspecified atom stereocenters. The lowest BCUT2D eigenvalue weighted by molar-refractivity contribution is -0.135. The van der Waals surface area contributed by atoms with E-state index in [1.807, 2.05) is 48.2 Å². The molecule has 0 bridgehead atoms. The zero-order chi connectivity index (χ0) is 24.1. The number of nitrogens with zero attached hydrogens (tertiary/aromatic N) is 3. The van der Waals surface area contributed by atoms with E-state index >= 15 is 0 Å². The second-order valence-electron chi connectivity index (χ2n) is 8.88. The predicted molar refractivity (Wildman–Crippen MR) is 134 cm³/mol. The number of aromatic nitrogens is 2. The van der Waals surface area contributed by atoms with Gasteiger partial charge in [0.1, 0.15) is 0 Å². The number of amides is 1. The zero-order valence-electron chi connectivity index (χ0n) is 20.5. The maximum Gasteiger partial charge on any atom is 0.329 e. The molecule has 1 aromatic heterocycles. The third kappa shape index (κ3) is 4.83. The molecule has 1 aliphatic rings. The van der Waals surface area contributed by atoms with Crippen LogP contribution in [-0.2, 0) is 24.3 Å². The molecule has 1 fully saturated rings. The van der Waals surface area contributed by atoms with E-state index in [0.717, 1.165) is 61.2 Å². The number of hydrogen-bond donors (Lipinski definition) is 0. The third-order valence-corrected chi connectivity index (χ3v) is 6.95. The fourth-order valence-corrected chi connectivity index (χ4v) is 5.14. The van der Waals surface area contributed by atoms with Crippen LogP contribution in [0.4, 0.5) is 0 Å². The number of likely N-dealkylation sites (tertiary alicyclic amines) is 1. The van der Waals surface area contributed by atoms with E-state index in [2.05, 4.69) is 6.07 Å². The highest BCUT2D eigenvalue weighted by Crippen LogP contribution is 2.29. The highest BCUT2D eigenvalue weighted by atomic mass is 16.5. The van der Waals surface area contributed by atoms with Gasteiger partial charge < -0.3 is 14.4 Å². The van der Waals surface area contributed by atoms with Crippen molar-refractivity contribution in [3.05, 3.63) is 58.5 Å². The summed E-state index contributed by atoms with van der Waals surface area (Å²) in [4.78, 5) is 28.2. The van der Waals surface area contributed by atoms with Crippen molar-refractivity contribution in [2.75, 3.05) is 20.8 Å². The summed E-state index contributed by atoms with van der Waals surface area (Å²) < 4.78 is 14.3. The van der Waals surface area contributed by atoms with Crippen LogP contribution in [0.3, 0.4) is 0 Å². The summed E-state index contributed by atoms with van der Waals surface area (Å²) in [6, 6.07) is 14.0. The van der Waals surface area contributed by atoms with Gasteiger partial charge in [0, 0.05) is 32.1 Å². The van der Waals surface area contributed by atoms with Gasteiger partial charge in [-0.05, 0) is 68.9 Å². The van der Waals surface area contributed by atoms with Crippen molar-refractivity contribution in [1.82, 2.24) is 14.0 Å². The van der Waals surface area contributed by atoms with Crippen molar-refractivity contribution in [2.45, 2.75) is 64.6 Å². The molecular weight excluding hydrogens is 430 g/mol. The molecule has 7 nitrogen and oxygen atoms in total. The second kappa shape index (κ2) is 10.8. The Morgan fingerprint density at radius 2 is 1.74 bits per heavy atom. The first kappa shape index (κ1) is 23.9. The Balaban J connectivity index is 1.43. The first-order valence-electron chi connectivity index (χ1n) is 12.3. The average Bonchev–Trinajstić information content (AvgIpc) is 3.16. The van der Waals surface area contributed by atoms with Gasteiger partial charge in [-0.1, -0.05) is 18.2 Å². The Kier molecular flexibility index (Phi) is 7.60. The second-order valence-corrected chi connectivity index (χ2v) is 8.88. The summed E-state index contributed by atoms with van der Waals surface area (Å²) in [5, 5.41) is 0. The number of aryl methyl sites for hydroxylation is 3. The van der Waals surface area contributed by atoms with E-state index in [-0.39, 0.29) is 17.6 Å². The van der Waals surface area contributed by atoms with Gasteiger partial charge >= 0.3 is 5.69 Å². The Bertz CT molecular complexity index is 1200. The van der Waals surface area contributed by atoms with Gasteiger partial charge in [-0.25, -0.2) is 4.79 Å². The summed E-state index contributed by atoms with van der Waals surface area (Å²) in [6.07, 6.45) is 5.32. The molecule has 1 amide bonds. The molecule has 2 aromatic carbocycles. The van der Waals surface area contributed by atoms with Crippen molar-refractivity contribution in [3.8, 4) is 11.5 Å². The maximum absolute atomic E-state index is 13.3. The molecule has 1 aliphatic heterocycles. The monoisotopic (exact) mass is 465 g/mol. The van der Waals surface area contributed by atoms with Crippen LogP contribution in [0, 0.1) is 0 Å². The molecule has 34 heavy (non-hydrogen) atoms. The molecule has 1 saturated heterocycles. The SMILES string of the molecule is CCn1c(=O)n(CCC(=O)N2CCCCC2CCc2ccc(OC)c(OC)c2)c2ccccc21. The Labute approximate surface area is 200 Å². The first-order valence-corrected chi connectivity index (χ1v) is 12.3. The topological polar surface area (TPSA) is 65.7 Å². The number of fused-ring (bicyclic) bond motifs is 1.